The molecular weight excluding hydrogens is 350 g/mol. The van der Waals surface area contributed by atoms with Crippen LogP contribution in [0.5, 0.6) is 5.75 Å². The van der Waals surface area contributed by atoms with Gasteiger partial charge in [-0.3, -0.25) is 9.69 Å². The number of thioether (sulfide) groups is 1. The Balaban J connectivity index is 2.06. The first kappa shape index (κ1) is 17.7. The van der Waals surface area contributed by atoms with Gasteiger partial charge in [0.15, 0.2) is 4.32 Å². The fourth-order valence-corrected chi connectivity index (χ4v) is 4.25. The van der Waals surface area contributed by atoms with Crippen LogP contribution in [-0.2, 0) is 4.79 Å². The van der Waals surface area contributed by atoms with Crippen molar-refractivity contribution < 1.29 is 9.53 Å². The molecule has 0 bridgehead atoms. The molecule has 0 unspecified atom stereocenters. The third-order valence-corrected chi connectivity index (χ3v) is 5.75. The highest BCUT2D eigenvalue weighted by atomic mass is 32.2. The topological polar surface area (TPSA) is 29.5 Å². The maximum atomic E-state index is 13.1. The zero-order chi connectivity index (χ0) is 18.1. The van der Waals surface area contributed by atoms with Gasteiger partial charge < -0.3 is 4.74 Å². The van der Waals surface area contributed by atoms with Crippen LogP contribution >= 0.6 is 24.0 Å². The second-order valence-corrected chi connectivity index (χ2v) is 7.58. The van der Waals surface area contributed by atoms with Gasteiger partial charge in [-0.1, -0.05) is 54.3 Å². The van der Waals surface area contributed by atoms with E-state index >= 15 is 0 Å². The van der Waals surface area contributed by atoms with Crippen molar-refractivity contribution in [3.8, 4) is 5.75 Å². The summed E-state index contributed by atoms with van der Waals surface area (Å²) >= 11 is 6.88. The molecule has 5 heteroatoms. The van der Waals surface area contributed by atoms with Crippen LogP contribution in [0, 0.1) is 13.8 Å². The van der Waals surface area contributed by atoms with Gasteiger partial charge in [-0.2, -0.15) is 0 Å². The molecular formula is C20H19NO2S2. The molecule has 0 aromatic heterocycles. The van der Waals surface area contributed by atoms with Gasteiger partial charge >= 0.3 is 0 Å². The number of carbonyl (C=O) groups excluding carboxylic acids is 1. The maximum Gasteiger partial charge on any atom is 0.271 e. The first-order valence-electron chi connectivity index (χ1n) is 7.92. The standard InChI is InChI=1S/C20H19NO2S2/c1-12-7-5-8-13(2)17(12)21-19(22)18(25-20(21)24)14(3)15-9-6-10-16(11-15)23-4/h5-11H,1-4H3/b18-14-. The smallest absolute Gasteiger partial charge is 0.271 e. The minimum atomic E-state index is -0.0623. The summed E-state index contributed by atoms with van der Waals surface area (Å²) < 4.78 is 5.86. The lowest BCUT2D eigenvalue weighted by Crippen LogP contribution is -2.29. The van der Waals surface area contributed by atoms with Crippen molar-refractivity contribution in [1.82, 2.24) is 0 Å². The number of thiocarbonyl (C=S) groups is 1. The molecule has 1 amide bonds. The molecule has 3 nitrogen and oxygen atoms in total. The SMILES string of the molecule is COc1cccc(/C(C)=C2\SC(=S)N(c3c(C)cccc3C)C2=O)c1. The van der Waals surface area contributed by atoms with E-state index < -0.39 is 0 Å². The Kier molecular flexibility index (Phi) is 4.97. The van der Waals surface area contributed by atoms with Gasteiger partial charge in [0.1, 0.15) is 5.75 Å². The van der Waals surface area contributed by atoms with E-state index in [1.165, 1.54) is 11.8 Å². The summed E-state index contributed by atoms with van der Waals surface area (Å²) in [6, 6.07) is 13.7. The van der Waals surface area contributed by atoms with Crippen LogP contribution in [0.1, 0.15) is 23.6 Å². The molecule has 1 aliphatic rings. The number of allylic oxidation sites excluding steroid dienone is 1. The summed E-state index contributed by atoms with van der Waals surface area (Å²) in [4.78, 5) is 15.4. The van der Waals surface area contributed by atoms with Gasteiger partial charge in [0.05, 0.1) is 17.7 Å². The molecule has 0 saturated carbocycles. The number of carbonyl (C=O) groups is 1. The number of hydrogen-bond donors (Lipinski definition) is 0. The minimum Gasteiger partial charge on any atom is -0.497 e. The van der Waals surface area contributed by atoms with Crippen LogP contribution in [0.15, 0.2) is 47.4 Å². The fourth-order valence-electron chi connectivity index (χ4n) is 2.94. The van der Waals surface area contributed by atoms with E-state index in [1.54, 1.807) is 12.0 Å². The van der Waals surface area contributed by atoms with Crippen LogP contribution in [0.4, 0.5) is 5.69 Å². The number of ether oxygens (including phenoxy) is 1. The van der Waals surface area contributed by atoms with Gasteiger partial charge in [-0.05, 0) is 55.2 Å². The molecule has 0 spiro atoms. The Labute approximate surface area is 157 Å². The van der Waals surface area contributed by atoms with Crippen molar-refractivity contribution in [3.63, 3.8) is 0 Å². The van der Waals surface area contributed by atoms with Crippen LogP contribution in [0.3, 0.4) is 0 Å². The predicted octanol–water partition coefficient (Wildman–Crippen LogP) is 5.11. The van der Waals surface area contributed by atoms with E-state index in [2.05, 4.69) is 0 Å². The van der Waals surface area contributed by atoms with E-state index in [-0.39, 0.29) is 5.91 Å². The van der Waals surface area contributed by atoms with Crippen LogP contribution in [0.2, 0.25) is 0 Å². The highest BCUT2D eigenvalue weighted by Gasteiger charge is 2.36. The summed E-state index contributed by atoms with van der Waals surface area (Å²) in [7, 11) is 1.63. The molecule has 2 aromatic rings. The molecule has 128 valence electrons. The molecule has 1 heterocycles. The zero-order valence-electron chi connectivity index (χ0n) is 14.6. The van der Waals surface area contributed by atoms with Crippen molar-refractivity contribution in [2.75, 3.05) is 12.0 Å². The van der Waals surface area contributed by atoms with E-state index in [0.29, 0.717) is 9.23 Å². The average molecular weight is 370 g/mol. The van der Waals surface area contributed by atoms with E-state index in [4.69, 9.17) is 17.0 Å². The van der Waals surface area contributed by atoms with E-state index in [1.807, 2.05) is 63.2 Å². The van der Waals surface area contributed by atoms with Crippen molar-refractivity contribution in [2.45, 2.75) is 20.8 Å². The molecule has 0 N–H and O–H groups in total. The van der Waals surface area contributed by atoms with Gasteiger partial charge in [-0.15, -0.1) is 0 Å². The quantitative estimate of drug-likeness (QED) is 0.555. The normalized spacial score (nSPS) is 16.4. The third kappa shape index (κ3) is 3.22. The number of hydrogen-bond acceptors (Lipinski definition) is 4. The maximum absolute atomic E-state index is 13.1. The van der Waals surface area contributed by atoms with Crippen molar-refractivity contribution in [2.24, 2.45) is 0 Å². The predicted molar refractivity (Wildman–Crippen MR) is 109 cm³/mol. The number of amides is 1. The second-order valence-electron chi connectivity index (χ2n) is 5.94. The number of anilines is 1. The highest BCUT2D eigenvalue weighted by molar-refractivity contribution is 8.27. The Bertz CT molecular complexity index is 882. The van der Waals surface area contributed by atoms with Crippen LogP contribution in [-0.4, -0.2) is 17.3 Å². The second kappa shape index (κ2) is 7.02. The van der Waals surface area contributed by atoms with Gasteiger partial charge in [-0.25, -0.2) is 0 Å². The monoisotopic (exact) mass is 369 g/mol. The Morgan fingerprint density at radius 2 is 1.76 bits per heavy atom. The molecule has 1 saturated heterocycles. The van der Waals surface area contributed by atoms with Gasteiger partial charge in [0, 0.05) is 0 Å². The Morgan fingerprint density at radius 1 is 1.12 bits per heavy atom. The summed E-state index contributed by atoms with van der Waals surface area (Å²) in [6.07, 6.45) is 0. The molecule has 0 radical (unpaired) electrons. The molecule has 1 fully saturated rings. The Hall–Kier alpha value is -2.11. The van der Waals surface area contributed by atoms with E-state index in [0.717, 1.165) is 33.7 Å². The summed E-state index contributed by atoms with van der Waals surface area (Å²) in [6.45, 7) is 5.95. The van der Waals surface area contributed by atoms with E-state index in [9.17, 15) is 4.79 Å². The molecule has 3 rings (SSSR count). The van der Waals surface area contributed by atoms with Gasteiger partial charge in [0.2, 0.25) is 0 Å². The van der Waals surface area contributed by atoms with Crippen molar-refractivity contribution in [1.29, 1.82) is 0 Å². The summed E-state index contributed by atoms with van der Waals surface area (Å²) in [5.74, 6) is 0.704. The first-order chi connectivity index (χ1) is 11.9. The number of nitrogens with zero attached hydrogens (tertiary/aromatic N) is 1. The number of aryl methyl sites for hydroxylation is 2. The number of para-hydroxylation sites is 1. The first-order valence-corrected chi connectivity index (χ1v) is 9.14. The number of rotatable bonds is 3. The average Bonchev–Trinajstić information content (AvgIpc) is 2.89. The lowest BCUT2D eigenvalue weighted by Gasteiger charge is -2.19. The molecule has 0 atom stereocenters. The molecule has 25 heavy (non-hydrogen) atoms. The fraction of sp³-hybridized carbons (Fsp3) is 0.200. The highest BCUT2D eigenvalue weighted by Crippen LogP contribution is 2.41. The number of methoxy groups -OCH3 is 1. The van der Waals surface area contributed by atoms with Gasteiger partial charge in [0.25, 0.3) is 5.91 Å². The third-order valence-electron chi connectivity index (χ3n) is 4.28. The zero-order valence-corrected chi connectivity index (χ0v) is 16.3. The molecule has 0 aliphatic carbocycles. The van der Waals surface area contributed by atoms with Crippen LogP contribution < -0.4 is 9.64 Å². The molecule has 2 aromatic carbocycles. The summed E-state index contributed by atoms with van der Waals surface area (Å²) in [5, 5.41) is 0. The Morgan fingerprint density at radius 3 is 2.40 bits per heavy atom. The number of benzene rings is 2. The lowest BCUT2D eigenvalue weighted by atomic mass is 10.1. The van der Waals surface area contributed by atoms with Crippen LogP contribution in [0.25, 0.3) is 5.57 Å². The lowest BCUT2D eigenvalue weighted by molar-refractivity contribution is -0.113. The van der Waals surface area contributed by atoms with Crippen molar-refractivity contribution >= 4 is 45.5 Å². The minimum absolute atomic E-state index is 0.0623. The summed E-state index contributed by atoms with van der Waals surface area (Å²) in [5.41, 5.74) is 4.83. The largest absolute Gasteiger partial charge is 0.497 e. The molecule has 1 aliphatic heterocycles. The van der Waals surface area contributed by atoms with Crippen molar-refractivity contribution in [3.05, 3.63) is 64.1 Å².